The summed E-state index contributed by atoms with van der Waals surface area (Å²) in [6, 6.07) is 12.4. The van der Waals surface area contributed by atoms with Crippen LogP contribution < -0.4 is 0 Å². The highest BCUT2D eigenvalue weighted by molar-refractivity contribution is 6.44. The highest BCUT2D eigenvalue weighted by Gasteiger charge is 2.44. The fourth-order valence-electron chi connectivity index (χ4n) is 4.67. The Hall–Kier alpha value is -2.30. The normalized spacial score (nSPS) is 13.6. The van der Waals surface area contributed by atoms with Gasteiger partial charge < -0.3 is 14.9 Å². The molecule has 0 saturated carbocycles. The van der Waals surface area contributed by atoms with Crippen LogP contribution >= 0.6 is 0 Å². The van der Waals surface area contributed by atoms with Gasteiger partial charge in [0.05, 0.1) is 24.3 Å². The lowest BCUT2D eigenvalue weighted by molar-refractivity contribution is 0.0451. The number of carbonyl (C=O) groups is 1. The molecule has 0 radical (unpaired) electrons. The molecule has 1 aliphatic carbocycles. The molecular formula is C28H37NO3. The van der Waals surface area contributed by atoms with E-state index in [4.69, 9.17) is 14.9 Å². The molecule has 0 unspecified atom stereocenters. The van der Waals surface area contributed by atoms with Crippen molar-refractivity contribution < 1.29 is 14.3 Å². The second-order valence-corrected chi connectivity index (χ2v) is 8.78. The molecule has 0 spiro atoms. The van der Waals surface area contributed by atoms with Crippen molar-refractivity contribution >= 4 is 11.5 Å². The van der Waals surface area contributed by atoms with E-state index in [2.05, 4.69) is 32.0 Å². The number of ketones is 1. The molecule has 0 heterocycles. The molecule has 0 bridgehead atoms. The van der Waals surface area contributed by atoms with Gasteiger partial charge in [0.15, 0.2) is 0 Å². The van der Waals surface area contributed by atoms with Gasteiger partial charge in [-0.3, -0.25) is 4.79 Å². The molecule has 3 rings (SSSR count). The summed E-state index contributed by atoms with van der Waals surface area (Å²) in [4.78, 5) is 13.1. The number of unbranched alkanes of at least 4 members (excludes halogenated alkanes) is 3. The summed E-state index contributed by atoms with van der Waals surface area (Å²) in [6.45, 7) is 10.5. The van der Waals surface area contributed by atoms with E-state index in [0.29, 0.717) is 38.4 Å². The number of hydrogen-bond donors (Lipinski definition) is 1. The first-order valence-corrected chi connectivity index (χ1v) is 12.0. The minimum absolute atomic E-state index is 0.168. The van der Waals surface area contributed by atoms with Gasteiger partial charge in [-0.2, -0.15) is 0 Å². The molecule has 32 heavy (non-hydrogen) atoms. The van der Waals surface area contributed by atoms with E-state index in [0.717, 1.165) is 36.8 Å². The van der Waals surface area contributed by atoms with Crippen molar-refractivity contribution in [2.75, 3.05) is 26.4 Å². The zero-order valence-electron chi connectivity index (χ0n) is 20.1. The van der Waals surface area contributed by atoms with Crippen LogP contribution in [0.5, 0.6) is 0 Å². The van der Waals surface area contributed by atoms with Gasteiger partial charge in [0.1, 0.15) is 0 Å². The summed E-state index contributed by atoms with van der Waals surface area (Å²) in [7, 11) is 0. The molecule has 2 aromatic carbocycles. The van der Waals surface area contributed by atoms with Crippen LogP contribution in [0.1, 0.15) is 79.9 Å². The van der Waals surface area contributed by atoms with E-state index in [-0.39, 0.29) is 11.5 Å². The van der Waals surface area contributed by atoms with Gasteiger partial charge >= 0.3 is 0 Å². The lowest BCUT2D eigenvalue weighted by atomic mass is 9.78. The summed E-state index contributed by atoms with van der Waals surface area (Å²) in [5, 5.41) is 8.34. The van der Waals surface area contributed by atoms with E-state index >= 15 is 0 Å². The number of carbonyl (C=O) groups excluding carboxylic acids is 1. The predicted molar refractivity (Wildman–Crippen MR) is 131 cm³/mol. The molecule has 0 aliphatic heterocycles. The quantitative estimate of drug-likeness (QED) is 0.222. The Morgan fingerprint density at radius 2 is 1.50 bits per heavy atom. The topological polar surface area (TPSA) is 59.4 Å². The molecule has 0 aromatic heterocycles. The molecule has 0 fully saturated rings. The Labute approximate surface area is 192 Å². The third-order valence-corrected chi connectivity index (χ3v) is 6.44. The van der Waals surface area contributed by atoms with Gasteiger partial charge in [0.2, 0.25) is 5.78 Å². The van der Waals surface area contributed by atoms with E-state index in [1.807, 2.05) is 32.0 Å². The molecule has 0 atom stereocenters. The minimum Gasteiger partial charge on any atom is -0.380 e. The smallest absolute Gasteiger partial charge is 0.206 e. The Morgan fingerprint density at radius 1 is 0.875 bits per heavy atom. The van der Waals surface area contributed by atoms with Gasteiger partial charge in [-0.25, -0.2) is 0 Å². The zero-order valence-corrected chi connectivity index (χ0v) is 20.1. The van der Waals surface area contributed by atoms with Crippen LogP contribution in [0.3, 0.4) is 0 Å². The number of ether oxygens (including phenoxy) is 2. The van der Waals surface area contributed by atoms with E-state index in [9.17, 15) is 4.79 Å². The minimum atomic E-state index is -0.456. The summed E-state index contributed by atoms with van der Waals surface area (Å²) >= 11 is 0. The highest BCUT2D eigenvalue weighted by Crippen LogP contribution is 2.50. The van der Waals surface area contributed by atoms with Crippen molar-refractivity contribution in [1.82, 2.24) is 0 Å². The van der Waals surface area contributed by atoms with Gasteiger partial charge in [-0.1, -0.05) is 62.1 Å². The van der Waals surface area contributed by atoms with Crippen LogP contribution in [-0.2, 0) is 14.9 Å². The van der Waals surface area contributed by atoms with Crippen molar-refractivity contribution in [3.05, 3.63) is 58.7 Å². The molecule has 2 aromatic rings. The van der Waals surface area contributed by atoms with Crippen molar-refractivity contribution in [2.45, 2.75) is 65.2 Å². The Morgan fingerprint density at radius 3 is 2.12 bits per heavy atom. The van der Waals surface area contributed by atoms with Gasteiger partial charge in [-0.15, -0.1) is 0 Å². The second kappa shape index (κ2) is 11.0. The Balaban J connectivity index is 2.01. The Kier molecular flexibility index (Phi) is 8.38. The van der Waals surface area contributed by atoms with Crippen LogP contribution in [0.2, 0.25) is 0 Å². The highest BCUT2D eigenvalue weighted by atomic mass is 16.5. The molecule has 0 saturated heterocycles. The van der Waals surface area contributed by atoms with Crippen molar-refractivity contribution in [2.24, 2.45) is 0 Å². The van der Waals surface area contributed by atoms with Crippen LogP contribution in [-0.4, -0.2) is 37.9 Å². The maximum Gasteiger partial charge on any atom is 0.206 e. The molecule has 4 heteroatoms. The molecular weight excluding hydrogens is 398 g/mol. The van der Waals surface area contributed by atoms with E-state index < -0.39 is 5.41 Å². The number of fused-ring (bicyclic) bond motifs is 3. The fraction of sp³-hybridized carbons (Fsp3) is 0.500. The van der Waals surface area contributed by atoms with Gasteiger partial charge in [0, 0.05) is 18.8 Å². The fourth-order valence-corrected chi connectivity index (χ4v) is 4.67. The second-order valence-electron chi connectivity index (χ2n) is 8.78. The number of Topliss-reactive ketones (excluding diaryl/α,β-unsaturated/α-hetero) is 1. The zero-order chi connectivity index (χ0) is 23.1. The Bertz CT molecular complexity index is 955. The summed E-state index contributed by atoms with van der Waals surface area (Å²) in [5.74, 6) is -0.168. The number of benzene rings is 2. The first-order valence-electron chi connectivity index (χ1n) is 12.0. The summed E-state index contributed by atoms with van der Waals surface area (Å²) < 4.78 is 12.0. The number of aryl methyl sites for hydroxylation is 1. The molecule has 1 N–H and O–H groups in total. The number of nitrogens with one attached hydrogen (secondary N) is 1. The number of hydrogen-bond acceptors (Lipinski definition) is 4. The van der Waals surface area contributed by atoms with Gasteiger partial charge in [-0.05, 0) is 61.9 Å². The van der Waals surface area contributed by atoms with Gasteiger partial charge in [0.25, 0.3) is 0 Å². The monoisotopic (exact) mass is 435 g/mol. The molecule has 172 valence electrons. The third-order valence-electron chi connectivity index (χ3n) is 6.44. The van der Waals surface area contributed by atoms with Crippen molar-refractivity contribution in [1.29, 1.82) is 5.41 Å². The number of rotatable bonds is 13. The maximum atomic E-state index is 13.1. The predicted octanol–water partition coefficient (Wildman–Crippen LogP) is 6.51. The first-order chi connectivity index (χ1) is 15.5. The van der Waals surface area contributed by atoms with Crippen LogP contribution in [0.15, 0.2) is 36.4 Å². The van der Waals surface area contributed by atoms with Crippen molar-refractivity contribution in [3.63, 3.8) is 0 Å². The summed E-state index contributed by atoms with van der Waals surface area (Å²) in [6.07, 6.45) is 4.80. The van der Waals surface area contributed by atoms with Crippen LogP contribution in [0.4, 0.5) is 0 Å². The van der Waals surface area contributed by atoms with E-state index in [1.54, 1.807) is 0 Å². The first kappa shape index (κ1) is 24.3. The average Bonchev–Trinajstić information content (AvgIpc) is 3.07. The largest absolute Gasteiger partial charge is 0.380 e. The molecule has 0 amide bonds. The standard InChI is InChI=1S/C28H37NO3/c1-5-8-9-10-11-26(29)27(30)21-13-15-23-22-14-12-20(4)16-24(22)28(18-31-6-2,19-32-7-3)25(23)17-21/h12-17,29H,5-11,18-19H2,1-4H3. The maximum absolute atomic E-state index is 13.1. The SMILES string of the molecule is CCCCCCC(=N)C(=O)c1ccc2c(c1)C(COCC)(COCC)c1cc(C)ccc1-2. The lowest BCUT2D eigenvalue weighted by Crippen LogP contribution is -2.37. The summed E-state index contributed by atoms with van der Waals surface area (Å²) in [5.41, 5.74) is 6.11. The lowest BCUT2D eigenvalue weighted by Gasteiger charge is -2.32. The van der Waals surface area contributed by atoms with E-state index in [1.165, 1.54) is 16.7 Å². The van der Waals surface area contributed by atoms with Crippen LogP contribution in [0, 0.1) is 12.3 Å². The molecule has 1 aliphatic rings. The third kappa shape index (κ3) is 4.87. The van der Waals surface area contributed by atoms with Crippen molar-refractivity contribution in [3.8, 4) is 11.1 Å². The van der Waals surface area contributed by atoms with Crippen LogP contribution in [0.25, 0.3) is 11.1 Å². The molecule has 4 nitrogen and oxygen atoms in total. The average molecular weight is 436 g/mol.